The van der Waals surface area contributed by atoms with Crippen LogP contribution in [0.4, 0.5) is 17.1 Å². The fraction of sp³-hybridized carbons (Fsp3) is 0. The molecule has 0 atom stereocenters. The fourth-order valence-corrected chi connectivity index (χ4v) is 9.26. The van der Waals surface area contributed by atoms with E-state index in [9.17, 15) is 0 Å². The molecular formula is C62H43N. The average molecular weight is 802 g/mol. The topological polar surface area (TPSA) is 3.24 Å². The Morgan fingerprint density at radius 1 is 0.206 bits per heavy atom. The Balaban J connectivity index is 1.08. The molecule has 0 unspecified atom stereocenters. The standard InChI is InChI=1S/C62H43N/c1-3-17-44(18-4-1)50-37-42-57(45-19-5-2-6-20-45)61(43-50)59-28-12-11-27-58(59)60-29-13-14-32-62(60)63(51-38-33-48(34-39-51)55-30-15-23-46-21-7-9-25-53(46)55)52-40-35-49(36-41-52)56-31-16-24-47-22-8-10-26-54(47)56/h1-43H. The van der Waals surface area contributed by atoms with E-state index in [-0.39, 0.29) is 0 Å². The fourth-order valence-electron chi connectivity index (χ4n) is 9.26. The van der Waals surface area contributed by atoms with Crippen LogP contribution in [0.1, 0.15) is 0 Å². The molecule has 0 aliphatic carbocycles. The van der Waals surface area contributed by atoms with Crippen molar-refractivity contribution in [3.05, 3.63) is 261 Å². The molecule has 0 N–H and O–H groups in total. The smallest absolute Gasteiger partial charge is 0.0540 e. The zero-order valence-corrected chi connectivity index (χ0v) is 34.8. The second-order valence-corrected chi connectivity index (χ2v) is 16.0. The highest BCUT2D eigenvalue weighted by Gasteiger charge is 2.21. The molecule has 0 aliphatic heterocycles. The lowest BCUT2D eigenvalue weighted by Gasteiger charge is -2.29. The van der Waals surface area contributed by atoms with Crippen LogP contribution in [0.5, 0.6) is 0 Å². The van der Waals surface area contributed by atoms with E-state index in [1.165, 1.54) is 82.7 Å². The maximum Gasteiger partial charge on any atom is 0.0540 e. The molecule has 0 saturated carbocycles. The Kier molecular flexibility index (Phi) is 9.97. The maximum atomic E-state index is 2.42. The Hall–Kier alpha value is -8.26. The van der Waals surface area contributed by atoms with E-state index in [2.05, 4.69) is 266 Å². The van der Waals surface area contributed by atoms with Gasteiger partial charge in [-0.3, -0.25) is 0 Å². The van der Waals surface area contributed by atoms with Gasteiger partial charge >= 0.3 is 0 Å². The number of hydrogen-bond donors (Lipinski definition) is 0. The van der Waals surface area contributed by atoms with Crippen LogP contribution in [-0.4, -0.2) is 0 Å². The Bertz CT molecular complexity index is 3230. The molecule has 0 bridgehead atoms. The number of fused-ring (bicyclic) bond motifs is 2. The Morgan fingerprint density at radius 2 is 0.603 bits per heavy atom. The minimum atomic E-state index is 1.08. The molecule has 63 heavy (non-hydrogen) atoms. The third kappa shape index (κ3) is 7.26. The molecule has 11 aromatic rings. The van der Waals surface area contributed by atoms with Gasteiger partial charge in [-0.2, -0.15) is 0 Å². The van der Waals surface area contributed by atoms with Crippen molar-refractivity contribution in [2.45, 2.75) is 0 Å². The van der Waals surface area contributed by atoms with Crippen molar-refractivity contribution in [1.82, 2.24) is 0 Å². The van der Waals surface area contributed by atoms with Crippen LogP contribution in [0.3, 0.4) is 0 Å². The van der Waals surface area contributed by atoms with E-state index in [1.807, 2.05) is 0 Å². The SMILES string of the molecule is c1ccc(-c2ccc(-c3ccccc3)c(-c3ccccc3-c3ccccc3N(c3ccc(-c4cccc5ccccc45)cc3)c3ccc(-c4cccc5ccccc45)cc3)c2)cc1. The molecule has 1 nitrogen and oxygen atoms in total. The van der Waals surface area contributed by atoms with Crippen LogP contribution in [-0.2, 0) is 0 Å². The molecule has 0 amide bonds. The predicted molar refractivity (Wildman–Crippen MR) is 269 cm³/mol. The minimum Gasteiger partial charge on any atom is -0.310 e. The van der Waals surface area contributed by atoms with Gasteiger partial charge in [0.1, 0.15) is 0 Å². The van der Waals surface area contributed by atoms with E-state index in [0.29, 0.717) is 0 Å². The molecule has 1 heteroatoms. The van der Waals surface area contributed by atoms with Crippen LogP contribution >= 0.6 is 0 Å². The van der Waals surface area contributed by atoms with E-state index in [1.54, 1.807) is 0 Å². The van der Waals surface area contributed by atoms with Crippen molar-refractivity contribution in [3.63, 3.8) is 0 Å². The van der Waals surface area contributed by atoms with E-state index in [4.69, 9.17) is 0 Å². The molecule has 0 spiro atoms. The zero-order chi connectivity index (χ0) is 42.0. The third-order valence-electron chi connectivity index (χ3n) is 12.3. The van der Waals surface area contributed by atoms with Gasteiger partial charge in [-0.1, -0.05) is 224 Å². The van der Waals surface area contributed by atoms with E-state index >= 15 is 0 Å². The largest absolute Gasteiger partial charge is 0.310 e. The summed E-state index contributed by atoms with van der Waals surface area (Å²) < 4.78 is 0. The van der Waals surface area contributed by atoms with Crippen molar-refractivity contribution in [2.24, 2.45) is 0 Å². The quantitative estimate of drug-likeness (QED) is 0.141. The normalized spacial score (nSPS) is 11.2. The van der Waals surface area contributed by atoms with Gasteiger partial charge in [0.25, 0.3) is 0 Å². The molecule has 0 saturated heterocycles. The maximum absolute atomic E-state index is 2.42. The van der Waals surface area contributed by atoms with Crippen molar-refractivity contribution in [1.29, 1.82) is 0 Å². The Morgan fingerprint density at radius 3 is 1.17 bits per heavy atom. The lowest BCUT2D eigenvalue weighted by atomic mass is 9.87. The minimum absolute atomic E-state index is 1.08. The molecule has 0 aromatic heterocycles. The van der Waals surface area contributed by atoms with Gasteiger partial charge in [-0.25, -0.2) is 0 Å². The molecule has 11 aromatic carbocycles. The van der Waals surface area contributed by atoms with E-state index in [0.717, 1.165) is 22.6 Å². The van der Waals surface area contributed by atoms with Crippen LogP contribution in [0.2, 0.25) is 0 Å². The Labute approximate surface area is 369 Å². The second-order valence-electron chi connectivity index (χ2n) is 16.0. The van der Waals surface area contributed by atoms with Crippen LogP contribution in [0.25, 0.3) is 88.3 Å². The van der Waals surface area contributed by atoms with Gasteiger partial charge in [0, 0.05) is 16.9 Å². The molecule has 11 rings (SSSR count). The zero-order valence-electron chi connectivity index (χ0n) is 34.8. The summed E-state index contributed by atoms with van der Waals surface area (Å²) in [5.41, 5.74) is 17.6. The highest BCUT2D eigenvalue weighted by molar-refractivity contribution is 6.01. The van der Waals surface area contributed by atoms with Crippen LogP contribution < -0.4 is 4.90 Å². The molecule has 0 aliphatic rings. The first-order chi connectivity index (χ1) is 31.3. The molecule has 296 valence electrons. The number of para-hydroxylation sites is 1. The van der Waals surface area contributed by atoms with Crippen LogP contribution in [0.15, 0.2) is 261 Å². The number of anilines is 3. The van der Waals surface area contributed by atoms with Crippen molar-refractivity contribution in [2.75, 3.05) is 4.90 Å². The molecule has 0 radical (unpaired) electrons. The molecular weight excluding hydrogens is 759 g/mol. The summed E-state index contributed by atoms with van der Waals surface area (Å²) in [5, 5.41) is 4.98. The van der Waals surface area contributed by atoms with Crippen molar-refractivity contribution < 1.29 is 0 Å². The highest BCUT2D eigenvalue weighted by atomic mass is 15.1. The van der Waals surface area contributed by atoms with E-state index < -0.39 is 0 Å². The first kappa shape index (κ1) is 37.7. The van der Waals surface area contributed by atoms with Gasteiger partial charge in [0.05, 0.1) is 5.69 Å². The first-order valence-corrected chi connectivity index (χ1v) is 21.7. The summed E-state index contributed by atoms with van der Waals surface area (Å²) in [7, 11) is 0. The summed E-state index contributed by atoms with van der Waals surface area (Å²) in [5.74, 6) is 0. The van der Waals surface area contributed by atoms with Gasteiger partial charge in [-0.05, 0) is 119 Å². The summed E-state index contributed by atoms with van der Waals surface area (Å²) in [4.78, 5) is 2.42. The lowest BCUT2D eigenvalue weighted by Crippen LogP contribution is -2.11. The second kappa shape index (κ2) is 16.7. The lowest BCUT2D eigenvalue weighted by molar-refractivity contribution is 1.28. The summed E-state index contributed by atoms with van der Waals surface area (Å²) in [6.07, 6.45) is 0. The molecule has 0 heterocycles. The molecule has 0 fully saturated rings. The number of benzene rings is 11. The highest BCUT2D eigenvalue weighted by Crippen LogP contribution is 2.46. The average Bonchev–Trinajstić information content (AvgIpc) is 3.37. The summed E-state index contributed by atoms with van der Waals surface area (Å²) >= 11 is 0. The summed E-state index contributed by atoms with van der Waals surface area (Å²) in [6.45, 7) is 0. The number of rotatable bonds is 9. The monoisotopic (exact) mass is 801 g/mol. The van der Waals surface area contributed by atoms with Gasteiger partial charge in [0.2, 0.25) is 0 Å². The first-order valence-electron chi connectivity index (χ1n) is 21.7. The van der Waals surface area contributed by atoms with Gasteiger partial charge < -0.3 is 4.90 Å². The van der Waals surface area contributed by atoms with Gasteiger partial charge in [-0.15, -0.1) is 0 Å². The van der Waals surface area contributed by atoms with Crippen molar-refractivity contribution >= 4 is 38.6 Å². The third-order valence-corrected chi connectivity index (χ3v) is 12.3. The summed E-state index contributed by atoms with van der Waals surface area (Å²) in [6, 6.07) is 94.7. The van der Waals surface area contributed by atoms with Crippen molar-refractivity contribution in [3.8, 4) is 66.8 Å². The number of nitrogens with zero attached hydrogens (tertiary/aromatic N) is 1. The van der Waals surface area contributed by atoms with Crippen LogP contribution in [0, 0.1) is 0 Å². The predicted octanol–water partition coefficient (Wildman–Crippen LogP) is 17.5. The van der Waals surface area contributed by atoms with Gasteiger partial charge in [0.15, 0.2) is 0 Å². The number of hydrogen-bond acceptors (Lipinski definition) is 1.